The van der Waals surface area contributed by atoms with Gasteiger partial charge in [0.2, 0.25) is 5.91 Å². The molecule has 0 aliphatic carbocycles. The standard InChI is InChI=1S/C17H20N6O/c1-3-11(2)17(24)23-10-22-16-13(15(19)20-9-21-16)14(18)12-7-5-4-6-8-12/h3-9,18H,10H2,1-2H3,(H,23,24)(H3,19,20,21,22)/b11-3+,18-14?. The Labute approximate surface area is 140 Å². The number of nitrogens with one attached hydrogen (secondary N) is 3. The number of hydrogen-bond acceptors (Lipinski definition) is 6. The quantitative estimate of drug-likeness (QED) is 0.368. The van der Waals surface area contributed by atoms with Crippen molar-refractivity contribution in [2.45, 2.75) is 13.8 Å². The number of allylic oxidation sites excluding steroid dienone is 1. The van der Waals surface area contributed by atoms with Gasteiger partial charge in [-0.3, -0.25) is 10.2 Å². The highest BCUT2D eigenvalue weighted by atomic mass is 16.1. The number of nitrogens with zero attached hydrogens (tertiary/aromatic N) is 2. The molecule has 2 aromatic rings. The molecule has 0 radical (unpaired) electrons. The fourth-order valence-electron chi connectivity index (χ4n) is 2.01. The van der Waals surface area contributed by atoms with Gasteiger partial charge in [-0.2, -0.15) is 0 Å². The first-order valence-electron chi connectivity index (χ1n) is 7.44. The fourth-order valence-corrected chi connectivity index (χ4v) is 2.01. The second-order valence-corrected chi connectivity index (χ2v) is 5.05. The van der Waals surface area contributed by atoms with Gasteiger partial charge < -0.3 is 16.4 Å². The summed E-state index contributed by atoms with van der Waals surface area (Å²) in [5.41, 5.74) is 7.88. The molecule has 1 aromatic carbocycles. The largest absolute Gasteiger partial charge is 0.383 e. The number of anilines is 2. The molecule has 0 aliphatic heterocycles. The number of nitrogens with two attached hydrogens (primary N) is 1. The Morgan fingerprint density at radius 2 is 2.00 bits per heavy atom. The zero-order valence-electron chi connectivity index (χ0n) is 13.6. The molecule has 5 N–H and O–H groups in total. The Hall–Kier alpha value is -3.22. The first-order valence-corrected chi connectivity index (χ1v) is 7.44. The second-order valence-electron chi connectivity index (χ2n) is 5.05. The van der Waals surface area contributed by atoms with Gasteiger partial charge >= 0.3 is 0 Å². The summed E-state index contributed by atoms with van der Waals surface area (Å²) in [6.45, 7) is 3.69. The molecule has 124 valence electrons. The lowest BCUT2D eigenvalue weighted by atomic mass is 10.0. The topological polar surface area (TPSA) is 117 Å². The van der Waals surface area contributed by atoms with Crippen molar-refractivity contribution >= 4 is 23.3 Å². The lowest BCUT2D eigenvalue weighted by Crippen LogP contribution is -2.30. The van der Waals surface area contributed by atoms with E-state index >= 15 is 0 Å². The lowest BCUT2D eigenvalue weighted by molar-refractivity contribution is -0.117. The lowest BCUT2D eigenvalue weighted by Gasteiger charge is -2.14. The normalized spacial score (nSPS) is 11.0. The molecule has 0 unspecified atom stereocenters. The summed E-state index contributed by atoms with van der Waals surface area (Å²) < 4.78 is 0. The van der Waals surface area contributed by atoms with Crippen LogP contribution in [0, 0.1) is 5.41 Å². The van der Waals surface area contributed by atoms with E-state index in [0.29, 0.717) is 22.5 Å². The zero-order valence-corrected chi connectivity index (χ0v) is 13.6. The summed E-state index contributed by atoms with van der Waals surface area (Å²) in [4.78, 5) is 19.9. The van der Waals surface area contributed by atoms with E-state index in [0.717, 1.165) is 0 Å². The van der Waals surface area contributed by atoms with Crippen LogP contribution in [-0.4, -0.2) is 28.3 Å². The number of benzene rings is 1. The Kier molecular flexibility index (Phi) is 5.62. The van der Waals surface area contributed by atoms with Crippen LogP contribution in [0.1, 0.15) is 25.0 Å². The highest BCUT2D eigenvalue weighted by Crippen LogP contribution is 2.21. The van der Waals surface area contributed by atoms with E-state index in [4.69, 9.17) is 11.1 Å². The first kappa shape index (κ1) is 17.1. The number of carbonyl (C=O) groups excluding carboxylic acids is 1. The van der Waals surface area contributed by atoms with Crippen LogP contribution in [0.25, 0.3) is 0 Å². The van der Waals surface area contributed by atoms with E-state index in [-0.39, 0.29) is 24.1 Å². The molecule has 24 heavy (non-hydrogen) atoms. The van der Waals surface area contributed by atoms with Crippen molar-refractivity contribution in [3.63, 3.8) is 0 Å². The van der Waals surface area contributed by atoms with E-state index in [2.05, 4.69) is 20.6 Å². The molecule has 0 atom stereocenters. The van der Waals surface area contributed by atoms with Crippen molar-refractivity contribution < 1.29 is 4.79 Å². The van der Waals surface area contributed by atoms with Crippen LogP contribution in [-0.2, 0) is 4.79 Å². The Balaban J connectivity index is 2.18. The average molecular weight is 324 g/mol. The monoisotopic (exact) mass is 324 g/mol. The van der Waals surface area contributed by atoms with Gasteiger partial charge in [0.15, 0.2) is 0 Å². The molecule has 2 rings (SSSR count). The predicted molar refractivity (Wildman–Crippen MR) is 94.9 cm³/mol. The maximum Gasteiger partial charge on any atom is 0.247 e. The Morgan fingerprint density at radius 1 is 1.29 bits per heavy atom. The minimum absolute atomic E-state index is 0.162. The van der Waals surface area contributed by atoms with Crippen molar-refractivity contribution in [3.8, 4) is 0 Å². The SMILES string of the molecule is C/C=C(\C)C(=O)NCNc1ncnc(N)c1C(=N)c1ccccc1. The third-order valence-corrected chi connectivity index (χ3v) is 3.49. The van der Waals surface area contributed by atoms with E-state index < -0.39 is 0 Å². The smallest absolute Gasteiger partial charge is 0.247 e. The van der Waals surface area contributed by atoms with Gasteiger partial charge in [-0.15, -0.1) is 0 Å². The third kappa shape index (κ3) is 3.95. The van der Waals surface area contributed by atoms with Crippen LogP contribution in [0.2, 0.25) is 0 Å². The number of amides is 1. The first-order chi connectivity index (χ1) is 11.5. The van der Waals surface area contributed by atoms with Crippen LogP contribution in [0.3, 0.4) is 0 Å². The fraction of sp³-hybridized carbons (Fsp3) is 0.176. The Bertz CT molecular complexity index is 770. The molecule has 0 spiro atoms. The molecule has 0 fully saturated rings. The summed E-state index contributed by atoms with van der Waals surface area (Å²) in [7, 11) is 0. The number of nitrogen functional groups attached to an aromatic ring is 1. The van der Waals surface area contributed by atoms with E-state index in [9.17, 15) is 4.79 Å². The molecular formula is C17H20N6O. The maximum absolute atomic E-state index is 11.8. The molecule has 0 aliphatic rings. The molecular weight excluding hydrogens is 304 g/mol. The maximum atomic E-state index is 11.8. The van der Waals surface area contributed by atoms with Gasteiger partial charge in [0.25, 0.3) is 0 Å². The number of aromatic nitrogens is 2. The van der Waals surface area contributed by atoms with Gasteiger partial charge in [-0.25, -0.2) is 9.97 Å². The summed E-state index contributed by atoms with van der Waals surface area (Å²) in [5, 5.41) is 14.1. The molecule has 1 amide bonds. The van der Waals surface area contributed by atoms with Crippen LogP contribution >= 0.6 is 0 Å². The average Bonchev–Trinajstić information content (AvgIpc) is 2.61. The molecule has 1 aromatic heterocycles. The highest BCUT2D eigenvalue weighted by Gasteiger charge is 2.16. The van der Waals surface area contributed by atoms with Crippen molar-refractivity contribution in [1.29, 1.82) is 5.41 Å². The van der Waals surface area contributed by atoms with Crippen LogP contribution in [0.5, 0.6) is 0 Å². The Morgan fingerprint density at radius 3 is 2.67 bits per heavy atom. The molecule has 0 saturated heterocycles. The zero-order chi connectivity index (χ0) is 17.5. The predicted octanol–water partition coefficient (Wildman–Crippen LogP) is 1.93. The van der Waals surface area contributed by atoms with Crippen LogP contribution < -0.4 is 16.4 Å². The van der Waals surface area contributed by atoms with Gasteiger partial charge in [-0.1, -0.05) is 36.4 Å². The summed E-state index contributed by atoms with van der Waals surface area (Å²) in [6, 6.07) is 9.19. The summed E-state index contributed by atoms with van der Waals surface area (Å²) >= 11 is 0. The molecule has 0 saturated carbocycles. The minimum Gasteiger partial charge on any atom is -0.383 e. The van der Waals surface area contributed by atoms with Crippen molar-refractivity contribution in [3.05, 3.63) is 59.4 Å². The van der Waals surface area contributed by atoms with Crippen LogP contribution in [0.15, 0.2) is 48.3 Å². The van der Waals surface area contributed by atoms with E-state index in [1.807, 2.05) is 30.3 Å². The third-order valence-electron chi connectivity index (χ3n) is 3.49. The van der Waals surface area contributed by atoms with Crippen molar-refractivity contribution in [2.75, 3.05) is 17.7 Å². The van der Waals surface area contributed by atoms with E-state index in [1.165, 1.54) is 6.33 Å². The van der Waals surface area contributed by atoms with Gasteiger partial charge in [0, 0.05) is 11.1 Å². The molecule has 7 heteroatoms. The number of carbonyl (C=O) groups is 1. The van der Waals surface area contributed by atoms with Crippen molar-refractivity contribution in [1.82, 2.24) is 15.3 Å². The van der Waals surface area contributed by atoms with Gasteiger partial charge in [-0.05, 0) is 13.8 Å². The van der Waals surface area contributed by atoms with Crippen molar-refractivity contribution in [2.24, 2.45) is 0 Å². The van der Waals surface area contributed by atoms with E-state index in [1.54, 1.807) is 19.9 Å². The number of rotatable bonds is 6. The second kappa shape index (κ2) is 7.87. The molecule has 1 heterocycles. The molecule has 0 bridgehead atoms. The minimum atomic E-state index is -0.174. The van der Waals surface area contributed by atoms with Crippen LogP contribution in [0.4, 0.5) is 11.6 Å². The van der Waals surface area contributed by atoms with Gasteiger partial charge in [0.1, 0.15) is 18.0 Å². The van der Waals surface area contributed by atoms with Gasteiger partial charge in [0.05, 0.1) is 17.9 Å². The molecule has 7 nitrogen and oxygen atoms in total. The highest BCUT2D eigenvalue weighted by molar-refractivity contribution is 6.16. The summed E-state index contributed by atoms with van der Waals surface area (Å²) in [6.07, 6.45) is 3.05. The number of hydrogen-bond donors (Lipinski definition) is 4. The summed E-state index contributed by atoms with van der Waals surface area (Å²) in [5.74, 6) is 0.429.